The Morgan fingerprint density at radius 2 is 1.81 bits per heavy atom. The summed E-state index contributed by atoms with van der Waals surface area (Å²) < 4.78 is 6.07. The topological polar surface area (TPSA) is 42.4 Å². The zero-order valence-electron chi connectivity index (χ0n) is 15.3. The highest BCUT2D eigenvalue weighted by Crippen LogP contribution is 2.38. The molecule has 2 saturated heterocycles. The molecule has 4 nitrogen and oxygen atoms in total. The minimum atomic E-state index is 0.165. The summed E-state index contributed by atoms with van der Waals surface area (Å²) in [5.74, 6) is 1.24. The molecule has 1 amide bonds. The Balaban J connectivity index is 1.38. The zero-order chi connectivity index (χ0) is 17.9. The Labute approximate surface area is 155 Å². The van der Waals surface area contributed by atoms with Gasteiger partial charge >= 0.3 is 0 Å². The molecular formula is C22H26N2O2. The summed E-state index contributed by atoms with van der Waals surface area (Å²) in [6, 6.07) is 16.7. The average molecular weight is 350 g/mol. The second-order valence-corrected chi connectivity index (χ2v) is 7.58. The minimum Gasteiger partial charge on any atom is -0.474 e. The third kappa shape index (κ3) is 3.59. The zero-order valence-corrected chi connectivity index (χ0v) is 15.3. The number of fused-ring (bicyclic) bond motifs is 2. The van der Waals surface area contributed by atoms with Crippen molar-refractivity contribution in [3.8, 4) is 5.88 Å². The highest BCUT2D eigenvalue weighted by molar-refractivity contribution is 5.78. The molecule has 0 saturated carbocycles. The highest BCUT2D eigenvalue weighted by Gasteiger charge is 2.44. The van der Waals surface area contributed by atoms with E-state index >= 15 is 0 Å². The molecule has 0 N–H and O–H groups in total. The predicted octanol–water partition coefficient (Wildman–Crippen LogP) is 4.18. The summed E-state index contributed by atoms with van der Waals surface area (Å²) in [5, 5.41) is 0. The van der Waals surface area contributed by atoms with Gasteiger partial charge < -0.3 is 9.64 Å². The molecule has 4 heteroatoms. The number of hydrogen-bond donors (Lipinski definition) is 0. The van der Waals surface area contributed by atoms with Crippen molar-refractivity contribution < 1.29 is 9.53 Å². The lowest BCUT2D eigenvalue weighted by Crippen LogP contribution is -2.49. The molecule has 3 atom stereocenters. The number of rotatable bonds is 5. The Hall–Kier alpha value is -2.36. The average Bonchev–Trinajstić information content (AvgIpc) is 2.94. The van der Waals surface area contributed by atoms with E-state index in [1.807, 2.05) is 36.4 Å². The molecule has 2 fully saturated rings. The molecule has 26 heavy (non-hydrogen) atoms. The number of amides is 1. The highest BCUT2D eigenvalue weighted by atomic mass is 16.5. The first-order chi connectivity index (χ1) is 12.7. The number of pyridine rings is 1. The monoisotopic (exact) mass is 350 g/mol. The van der Waals surface area contributed by atoms with E-state index in [0.29, 0.717) is 30.3 Å². The summed E-state index contributed by atoms with van der Waals surface area (Å²) in [6.07, 6.45) is 6.53. The SMILES string of the molecule is CC(CC(=O)N1C2CCC1CC(Oc1ccccn1)C2)c1ccccc1. The Bertz CT molecular complexity index is 720. The van der Waals surface area contributed by atoms with Crippen LogP contribution >= 0.6 is 0 Å². The van der Waals surface area contributed by atoms with Crippen LogP contribution in [0.2, 0.25) is 0 Å². The number of nitrogens with zero attached hydrogens (tertiary/aromatic N) is 2. The molecule has 3 heterocycles. The molecule has 0 aliphatic carbocycles. The Morgan fingerprint density at radius 3 is 2.46 bits per heavy atom. The standard InChI is InChI=1S/C22H26N2O2/c1-16(17-7-3-2-4-8-17)13-22(25)24-18-10-11-19(24)15-20(14-18)26-21-9-5-6-12-23-21/h2-9,12,16,18-20H,10-11,13-15H2,1H3. The summed E-state index contributed by atoms with van der Waals surface area (Å²) in [4.78, 5) is 19.4. The third-order valence-corrected chi connectivity index (χ3v) is 5.75. The lowest BCUT2D eigenvalue weighted by molar-refractivity contribution is -0.137. The molecule has 1 aromatic carbocycles. The van der Waals surface area contributed by atoms with Crippen LogP contribution in [0.5, 0.6) is 5.88 Å². The Morgan fingerprint density at radius 1 is 1.12 bits per heavy atom. The molecule has 4 rings (SSSR count). The van der Waals surface area contributed by atoms with E-state index in [1.54, 1.807) is 6.20 Å². The molecule has 2 aliphatic heterocycles. The minimum absolute atomic E-state index is 0.165. The van der Waals surface area contributed by atoms with E-state index in [2.05, 4.69) is 28.9 Å². The van der Waals surface area contributed by atoms with Crippen molar-refractivity contribution in [2.45, 2.75) is 63.1 Å². The van der Waals surface area contributed by atoms with Gasteiger partial charge in [-0.2, -0.15) is 0 Å². The maximum atomic E-state index is 13.0. The van der Waals surface area contributed by atoms with Crippen LogP contribution in [-0.2, 0) is 4.79 Å². The molecule has 3 unspecified atom stereocenters. The number of carbonyl (C=O) groups is 1. The maximum Gasteiger partial charge on any atom is 0.223 e. The number of hydrogen-bond acceptors (Lipinski definition) is 3. The smallest absolute Gasteiger partial charge is 0.223 e. The van der Waals surface area contributed by atoms with Crippen LogP contribution in [0.4, 0.5) is 0 Å². The van der Waals surface area contributed by atoms with Crippen LogP contribution in [0.25, 0.3) is 0 Å². The lowest BCUT2D eigenvalue weighted by Gasteiger charge is -2.39. The van der Waals surface area contributed by atoms with Gasteiger partial charge in [0, 0.05) is 43.6 Å². The number of carbonyl (C=O) groups excluding carboxylic acids is 1. The van der Waals surface area contributed by atoms with Gasteiger partial charge in [0.1, 0.15) is 6.10 Å². The van der Waals surface area contributed by atoms with Gasteiger partial charge in [-0.15, -0.1) is 0 Å². The van der Waals surface area contributed by atoms with Crippen LogP contribution in [0.1, 0.15) is 50.5 Å². The fourth-order valence-corrected chi connectivity index (χ4v) is 4.48. The van der Waals surface area contributed by atoms with Crippen molar-refractivity contribution >= 4 is 5.91 Å². The van der Waals surface area contributed by atoms with Gasteiger partial charge in [-0.05, 0) is 30.4 Å². The van der Waals surface area contributed by atoms with Crippen molar-refractivity contribution in [1.29, 1.82) is 0 Å². The van der Waals surface area contributed by atoms with Gasteiger partial charge in [0.2, 0.25) is 11.8 Å². The first-order valence-electron chi connectivity index (χ1n) is 9.64. The predicted molar refractivity (Wildman–Crippen MR) is 101 cm³/mol. The van der Waals surface area contributed by atoms with E-state index in [-0.39, 0.29) is 12.0 Å². The van der Waals surface area contributed by atoms with Gasteiger partial charge in [-0.3, -0.25) is 4.79 Å². The van der Waals surface area contributed by atoms with E-state index in [0.717, 1.165) is 25.7 Å². The van der Waals surface area contributed by atoms with E-state index < -0.39 is 0 Å². The number of benzene rings is 1. The normalized spacial score (nSPS) is 25.7. The van der Waals surface area contributed by atoms with E-state index in [9.17, 15) is 4.79 Å². The molecule has 1 aromatic heterocycles. The van der Waals surface area contributed by atoms with Crippen LogP contribution in [0.15, 0.2) is 54.7 Å². The van der Waals surface area contributed by atoms with Crippen molar-refractivity contribution in [3.63, 3.8) is 0 Å². The fraction of sp³-hybridized carbons (Fsp3) is 0.455. The van der Waals surface area contributed by atoms with Gasteiger partial charge in [-0.1, -0.05) is 43.3 Å². The number of aromatic nitrogens is 1. The first-order valence-corrected chi connectivity index (χ1v) is 9.64. The van der Waals surface area contributed by atoms with Crippen molar-refractivity contribution in [2.75, 3.05) is 0 Å². The van der Waals surface area contributed by atoms with Gasteiger partial charge in [0.25, 0.3) is 0 Å². The van der Waals surface area contributed by atoms with Gasteiger partial charge in [0.15, 0.2) is 0 Å². The van der Waals surface area contributed by atoms with Crippen molar-refractivity contribution in [2.24, 2.45) is 0 Å². The van der Waals surface area contributed by atoms with Crippen molar-refractivity contribution in [3.05, 3.63) is 60.3 Å². The summed E-state index contributed by atoms with van der Waals surface area (Å²) >= 11 is 0. The van der Waals surface area contributed by atoms with Crippen LogP contribution in [-0.4, -0.2) is 34.0 Å². The van der Waals surface area contributed by atoms with Gasteiger partial charge in [0.05, 0.1) is 0 Å². The van der Waals surface area contributed by atoms with Crippen LogP contribution in [0, 0.1) is 0 Å². The van der Waals surface area contributed by atoms with Crippen LogP contribution < -0.4 is 4.74 Å². The first kappa shape index (κ1) is 17.1. The largest absolute Gasteiger partial charge is 0.474 e. The summed E-state index contributed by atoms with van der Waals surface area (Å²) in [7, 11) is 0. The molecule has 2 bridgehead atoms. The molecule has 2 aliphatic rings. The Kier molecular flexibility index (Phi) is 4.91. The quantitative estimate of drug-likeness (QED) is 0.812. The lowest BCUT2D eigenvalue weighted by atomic mass is 9.94. The number of piperidine rings is 1. The molecule has 0 spiro atoms. The summed E-state index contributed by atoms with van der Waals surface area (Å²) in [5.41, 5.74) is 1.24. The number of ether oxygens (including phenoxy) is 1. The third-order valence-electron chi connectivity index (χ3n) is 5.75. The maximum absolute atomic E-state index is 13.0. The molecular weight excluding hydrogens is 324 g/mol. The second-order valence-electron chi connectivity index (χ2n) is 7.58. The summed E-state index contributed by atoms with van der Waals surface area (Å²) in [6.45, 7) is 2.14. The van der Waals surface area contributed by atoms with Crippen molar-refractivity contribution in [1.82, 2.24) is 9.88 Å². The fourth-order valence-electron chi connectivity index (χ4n) is 4.48. The molecule has 0 radical (unpaired) electrons. The second kappa shape index (κ2) is 7.48. The van der Waals surface area contributed by atoms with E-state index in [1.165, 1.54) is 5.56 Å². The van der Waals surface area contributed by atoms with Crippen LogP contribution in [0.3, 0.4) is 0 Å². The molecule has 2 aromatic rings. The van der Waals surface area contributed by atoms with E-state index in [4.69, 9.17) is 4.74 Å². The molecule has 136 valence electrons. The van der Waals surface area contributed by atoms with Gasteiger partial charge in [-0.25, -0.2) is 4.98 Å².